The molecule has 3 aromatic rings. The Bertz CT molecular complexity index is 1170. The van der Waals surface area contributed by atoms with Crippen LogP contribution in [0.3, 0.4) is 0 Å². The lowest BCUT2D eigenvalue weighted by atomic mass is 9.87. The van der Waals surface area contributed by atoms with Gasteiger partial charge in [-0.3, -0.25) is 4.79 Å². The number of ether oxygens (including phenoxy) is 2. The number of hydrogen-bond acceptors (Lipinski definition) is 4. The van der Waals surface area contributed by atoms with E-state index in [9.17, 15) is 4.79 Å². The number of amides is 1. The highest BCUT2D eigenvalue weighted by Crippen LogP contribution is 2.35. The maximum absolute atomic E-state index is 13.0. The normalized spacial score (nSPS) is 13.4. The molecule has 34 heavy (non-hydrogen) atoms. The summed E-state index contributed by atoms with van der Waals surface area (Å²) < 4.78 is 12.1. The first-order chi connectivity index (χ1) is 16.0. The third kappa shape index (κ3) is 5.24. The summed E-state index contributed by atoms with van der Waals surface area (Å²) in [5, 5.41) is 2.91. The highest BCUT2D eigenvalue weighted by Gasteiger charge is 2.32. The van der Waals surface area contributed by atoms with Crippen LogP contribution in [0.2, 0.25) is 0 Å². The van der Waals surface area contributed by atoms with E-state index in [0.717, 1.165) is 30.8 Å². The molecular formula is C29H34N2O3. The van der Waals surface area contributed by atoms with Gasteiger partial charge >= 0.3 is 0 Å². The largest absolute Gasteiger partial charge is 0.478 e. The summed E-state index contributed by atoms with van der Waals surface area (Å²) >= 11 is 0. The van der Waals surface area contributed by atoms with E-state index < -0.39 is 5.60 Å². The minimum atomic E-state index is -1.03. The van der Waals surface area contributed by atoms with Gasteiger partial charge in [0.25, 0.3) is 5.91 Å². The number of fused-ring (bicyclic) bond motifs is 1. The summed E-state index contributed by atoms with van der Waals surface area (Å²) in [4.78, 5) is 17.3. The second-order valence-electron chi connectivity index (χ2n) is 10.5. The summed E-state index contributed by atoms with van der Waals surface area (Å²) in [7, 11) is 0. The standard InChI is InChI=1S/C29H34N2O3/c1-19-10-16-25(24-9-7-8-23(19)24)34-29(5,6)27(32)31-21-13-17-26(30-18-21)33-22-14-11-20(12-15-22)28(2,3)4/h10-18H,7-9H2,1-6H3,(H,31,32). The molecule has 0 atom stereocenters. The number of nitrogens with one attached hydrogen (secondary N) is 1. The van der Waals surface area contributed by atoms with Gasteiger partial charge in [0.15, 0.2) is 5.60 Å². The van der Waals surface area contributed by atoms with Crippen molar-refractivity contribution in [2.45, 2.75) is 71.8 Å². The second-order valence-corrected chi connectivity index (χ2v) is 10.5. The first-order valence-electron chi connectivity index (χ1n) is 11.9. The van der Waals surface area contributed by atoms with Crippen LogP contribution in [0.5, 0.6) is 17.4 Å². The Morgan fingerprint density at radius 1 is 0.912 bits per heavy atom. The smallest absolute Gasteiger partial charge is 0.268 e. The Labute approximate surface area is 202 Å². The number of carbonyl (C=O) groups is 1. The number of aryl methyl sites for hydroxylation is 1. The lowest BCUT2D eigenvalue weighted by Gasteiger charge is -2.27. The molecule has 5 nitrogen and oxygen atoms in total. The molecule has 0 spiro atoms. The van der Waals surface area contributed by atoms with Gasteiger partial charge in [-0.05, 0) is 92.0 Å². The van der Waals surface area contributed by atoms with Crippen LogP contribution in [0, 0.1) is 6.92 Å². The zero-order valence-electron chi connectivity index (χ0n) is 21.0. The van der Waals surface area contributed by atoms with E-state index in [1.54, 1.807) is 32.2 Å². The number of hydrogen-bond donors (Lipinski definition) is 1. The number of aromatic nitrogens is 1. The molecule has 1 aliphatic carbocycles. The summed E-state index contributed by atoms with van der Waals surface area (Å²) in [5.41, 5.74) is 4.78. The van der Waals surface area contributed by atoms with Crippen molar-refractivity contribution in [1.29, 1.82) is 0 Å². The van der Waals surface area contributed by atoms with Gasteiger partial charge in [-0.1, -0.05) is 39.0 Å². The fourth-order valence-electron chi connectivity index (χ4n) is 4.21. The lowest BCUT2D eigenvalue weighted by Crippen LogP contribution is -2.42. The van der Waals surface area contributed by atoms with E-state index in [2.05, 4.69) is 56.2 Å². The van der Waals surface area contributed by atoms with E-state index >= 15 is 0 Å². The molecule has 0 fully saturated rings. The molecule has 2 aromatic carbocycles. The predicted octanol–water partition coefficient (Wildman–Crippen LogP) is 6.76. The molecule has 0 aliphatic heterocycles. The molecule has 1 heterocycles. The van der Waals surface area contributed by atoms with Crippen LogP contribution in [0.25, 0.3) is 0 Å². The van der Waals surface area contributed by atoms with Crippen LogP contribution in [0.4, 0.5) is 5.69 Å². The van der Waals surface area contributed by atoms with Gasteiger partial charge in [0.2, 0.25) is 5.88 Å². The quantitative estimate of drug-likeness (QED) is 0.443. The van der Waals surface area contributed by atoms with Crippen molar-refractivity contribution in [3.8, 4) is 17.4 Å². The van der Waals surface area contributed by atoms with Crippen molar-refractivity contribution in [1.82, 2.24) is 4.98 Å². The molecule has 1 aromatic heterocycles. The number of rotatable bonds is 6. The molecule has 0 bridgehead atoms. The highest BCUT2D eigenvalue weighted by atomic mass is 16.5. The maximum Gasteiger partial charge on any atom is 0.268 e. The minimum absolute atomic E-state index is 0.0909. The SMILES string of the molecule is Cc1ccc(OC(C)(C)C(=O)Nc2ccc(Oc3ccc(C(C)(C)C)cc3)nc2)c2c1CCC2. The van der Waals surface area contributed by atoms with Gasteiger partial charge in [-0.15, -0.1) is 0 Å². The minimum Gasteiger partial charge on any atom is -0.478 e. The number of benzene rings is 2. The molecule has 1 aliphatic rings. The van der Waals surface area contributed by atoms with E-state index in [1.807, 2.05) is 18.2 Å². The fraction of sp³-hybridized carbons (Fsp3) is 0.379. The number of pyridine rings is 1. The van der Waals surface area contributed by atoms with Gasteiger partial charge in [-0.25, -0.2) is 4.98 Å². The van der Waals surface area contributed by atoms with E-state index in [-0.39, 0.29) is 11.3 Å². The Hall–Kier alpha value is -3.34. The third-order valence-electron chi connectivity index (χ3n) is 6.32. The highest BCUT2D eigenvalue weighted by molar-refractivity contribution is 5.96. The zero-order chi connectivity index (χ0) is 24.5. The molecule has 1 amide bonds. The van der Waals surface area contributed by atoms with Crippen LogP contribution < -0.4 is 14.8 Å². The van der Waals surface area contributed by atoms with Crippen LogP contribution in [0.15, 0.2) is 54.7 Å². The Morgan fingerprint density at radius 3 is 2.26 bits per heavy atom. The topological polar surface area (TPSA) is 60.5 Å². The molecule has 0 saturated heterocycles. The van der Waals surface area contributed by atoms with Crippen molar-refractivity contribution in [3.63, 3.8) is 0 Å². The molecule has 0 unspecified atom stereocenters. The van der Waals surface area contributed by atoms with Crippen molar-refractivity contribution < 1.29 is 14.3 Å². The first kappa shape index (κ1) is 23.8. The zero-order valence-corrected chi connectivity index (χ0v) is 21.0. The van der Waals surface area contributed by atoms with Crippen molar-refractivity contribution in [2.75, 3.05) is 5.32 Å². The van der Waals surface area contributed by atoms with Crippen molar-refractivity contribution in [2.24, 2.45) is 0 Å². The lowest BCUT2D eigenvalue weighted by molar-refractivity contribution is -0.128. The summed E-state index contributed by atoms with van der Waals surface area (Å²) in [6, 6.07) is 15.6. The Balaban J connectivity index is 1.39. The van der Waals surface area contributed by atoms with Crippen LogP contribution in [0.1, 0.15) is 63.3 Å². The van der Waals surface area contributed by atoms with Gasteiger partial charge < -0.3 is 14.8 Å². The Kier molecular flexibility index (Phi) is 6.39. The van der Waals surface area contributed by atoms with E-state index in [1.165, 1.54) is 22.3 Å². The predicted molar refractivity (Wildman–Crippen MR) is 136 cm³/mol. The average Bonchev–Trinajstić information content (AvgIpc) is 3.28. The molecule has 0 saturated carbocycles. The van der Waals surface area contributed by atoms with Crippen LogP contribution in [-0.2, 0) is 23.1 Å². The van der Waals surface area contributed by atoms with E-state index in [0.29, 0.717) is 11.6 Å². The molecule has 0 radical (unpaired) electrons. The third-order valence-corrected chi connectivity index (χ3v) is 6.32. The molecular weight excluding hydrogens is 424 g/mol. The molecule has 178 valence electrons. The summed E-state index contributed by atoms with van der Waals surface area (Å²) in [5.74, 6) is 1.76. The van der Waals surface area contributed by atoms with Gasteiger partial charge in [0.1, 0.15) is 11.5 Å². The van der Waals surface area contributed by atoms with Crippen molar-refractivity contribution in [3.05, 3.63) is 77.0 Å². The monoisotopic (exact) mass is 458 g/mol. The summed E-state index contributed by atoms with van der Waals surface area (Å²) in [6.07, 6.45) is 4.79. The second kappa shape index (κ2) is 9.13. The number of anilines is 1. The fourth-order valence-corrected chi connectivity index (χ4v) is 4.21. The first-order valence-corrected chi connectivity index (χ1v) is 11.9. The molecule has 4 rings (SSSR count). The summed E-state index contributed by atoms with van der Waals surface area (Å²) in [6.45, 7) is 12.2. The average molecular weight is 459 g/mol. The van der Waals surface area contributed by atoms with Gasteiger partial charge in [0, 0.05) is 6.07 Å². The van der Waals surface area contributed by atoms with Crippen LogP contribution >= 0.6 is 0 Å². The Morgan fingerprint density at radius 2 is 1.62 bits per heavy atom. The molecule has 1 N–H and O–H groups in total. The van der Waals surface area contributed by atoms with Gasteiger partial charge in [-0.2, -0.15) is 0 Å². The maximum atomic E-state index is 13.0. The number of carbonyl (C=O) groups excluding carboxylic acids is 1. The molecule has 5 heteroatoms. The van der Waals surface area contributed by atoms with Gasteiger partial charge in [0.05, 0.1) is 11.9 Å². The number of nitrogens with zero attached hydrogens (tertiary/aromatic N) is 1. The van der Waals surface area contributed by atoms with Crippen molar-refractivity contribution >= 4 is 11.6 Å². The van der Waals surface area contributed by atoms with E-state index in [4.69, 9.17) is 9.47 Å². The van der Waals surface area contributed by atoms with Crippen LogP contribution in [-0.4, -0.2) is 16.5 Å².